The highest BCUT2D eigenvalue weighted by Gasteiger charge is 2.03. The zero-order valence-electron chi connectivity index (χ0n) is 9.40. The molecule has 0 bridgehead atoms. The van der Waals surface area contributed by atoms with Crippen LogP contribution in [-0.4, -0.2) is 19.5 Å². The van der Waals surface area contributed by atoms with Gasteiger partial charge in [0.2, 0.25) is 0 Å². The molecular weight excluding hydrogens is 188 g/mol. The van der Waals surface area contributed by atoms with Gasteiger partial charge in [0.25, 0.3) is 0 Å². The summed E-state index contributed by atoms with van der Waals surface area (Å²) < 4.78 is 10.7. The first-order chi connectivity index (χ1) is 7.24. The summed E-state index contributed by atoms with van der Waals surface area (Å²) >= 11 is 0. The number of hydrogen-bond donors (Lipinski definition) is 0. The molecule has 0 aliphatic carbocycles. The Balaban J connectivity index is 2.37. The van der Waals surface area contributed by atoms with Crippen LogP contribution in [0.25, 0.3) is 5.57 Å². The van der Waals surface area contributed by atoms with E-state index in [0.717, 1.165) is 11.1 Å². The average Bonchev–Trinajstić information content (AvgIpc) is 2.27. The highest BCUT2D eigenvalue weighted by atomic mass is 16.7. The van der Waals surface area contributed by atoms with Gasteiger partial charge >= 0.3 is 0 Å². The van der Waals surface area contributed by atoms with Crippen LogP contribution in [-0.2, 0) is 9.47 Å². The van der Waals surface area contributed by atoms with Crippen molar-refractivity contribution in [2.75, 3.05) is 13.2 Å². The molecule has 0 spiro atoms. The Morgan fingerprint density at radius 1 is 1.27 bits per heavy atom. The van der Waals surface area contributed by atoms with Crippen LogP contribution in [0.1, 0.15) is 19.4 Å². The molecule has 0 heterocycles. The van der Waals surface area contributed by atoms with Crippen molar-refractivity contribution in [2.45, 2.75) is 20.1 Å². The van der Waals surface area contributed by atoms with Gasteiger partial charge in [0.05, 0.1) is 6.61 Å². The van der Waals surface area contributed by atoms with E-state index >= 15 is 0 Å². The Labute approximate surface area is 91.5 Å². The Morgan fingerprint density at radius 2 is 1.93 bits per heavy atom. The van der Waals surface area contributed by atoms with Crippen molar-refractivity contribution >= 4 is 5.57 Å². The van der Waals surface area contributed by atoms with E-state index in [1.807, 2.05) is 44.2 Å². The summed E-state index contributed by atoms with van der Waals surface area (Å²) in [6.45, 7) is 8.99. The molecule has 1 aromatic carbocycles. The second-order valence-corrected chi connectivity index (χ2v) is 3.30. The molecule has 1 aromatic rings. The minimum atomic E-state index is -0.171. The SMILES string of the molecule is C=C(COC(C)OCC)c1ccccc1. The largest absolute Gasteiger partial charge is 0.353 e. The summed E-state index contributed by atoms with van der Waals surface area (Å²) in [5.74, 6) is 0. The van der Waals surface area contributed by atoms with E-state index in [1.165, 1.54) is 0 Å². The number of hydrogen-bond acceptors (Lipinski definition) is 2. The fourth-order valence-electron chi connectivity index (χ4n) is 1.26. The maximum Gasteiger partial charge on any atom is 0.155 e. The molecule has 0 N–H and O–H groups in total. The van der Waals surface area contributed by atoms with Crippen molar-refractivity contribution in [1.29, 1.82) is 0 Å². The van der Waals surface area contributed by atoms with Gasteiger partial charge in [-0.1, -0.05) is 36.9 Å². The molecule has 0 fully saturated rings. The van der Waals surface area contributed by atoms with E-state index in [-0.39, 0.29) is 6.29 Å². The van der Waals surface area contributed by atoms with Gasteiger partial charge in [-0.3, -0.25) is 0 Å². The first-order valence-corrected chi connectivity index (χ1v) is 5.20. The van der Waals surface area contributed by atoms with Crippen LogP contribution >= 0.6 is 0 Å². The molecule has 2 nitrogen and oxygen atoms in total. The lowest BCUT2D eigenvalue weighted by Crippen LogP contribution is -2.13. The van der Waals surface area contributed by atoms with Crippen molar-refractivity contribution in [1.82, 2.24) is 0 Å². The molecule has 82 valence electrons. The van der Waals surface area contributed by atoms with Crippen LogP contribution in [0.15, 0.2) is 36.9 Å². The Kier molecular flexibility index (Phi) is 5.08. The van der Waals surface area contributed by atoms with E-state index in [0.29, 0.717) is 13.2 Å². The zero-order chi connectivity index (χ0) is 11.1. The predicted molar refractivity (Wildman–Crippen MR) is 62.5 cm³/mol. The molecule has 0 saturated carbocycles. The summed E-state index contributed by atoms with van der Waals surface area (Å²) in [7, 11) is 0. The molecule has 0 aromatic heterocycles. The smallest absolute Gasteiger partial charge is 0.155 e. The lowest BCUT2D eigenvalue weighted by Gasteiger charge is -2.13. The molecule has 0 radical (unpaired) electrons. The average molecular weight is 206 g/mol. The summed E-state index contributed by atoms with van der Waals surface area (Å²) in [5.41, 5.74) is 2.09. The molecule has 0 aliphatic heterocycles. The van der Waals surface area contributed by atoms with Crippen LogP contribution in [0.5, 0.6) is 0 Å². The van der Waals surface area contributed by atoms with Gasteiger partial charge in [-0.2, -0.15) is 0 Å². The molecule has 0 aliphatic rings. The van der Waals surface area contributed by atoms with Gasteiger partial charge < -0.3 is 9.47 Å². The minimum absolute atomic E-state index is 0.171. The standard InChI is InChI=1S/C13H18O2/c1-4-14-12(3)15-10-11(2)13-8-6-5-7-9-13/h5-9,12H,2,4,10H2,1,3H3. The maximum atomic E-state index is 5.48. The Bertz CT molecular complexity index is 293. The lowest BCUT2D eigenvalue weighted by molar-refractivity contribution is -0.117. The van der Waals surface area contributed by atoms with Crippen molar-refractivity contribution in [3.05, 3.63) is 42.5 Å². The predicted octanol–water partition coefficient (Wildman–Crippen LogP) is 3.10. The number of benzene rings is 1. The summed E-state index contributed by atoms with van der Waals surface area (Å²) in [5, 5.41) is 0. The van der Waals surface area contributed by atoms with Gasteiger partial charge in [0.15, 0.2) is 6.29 Å². The van der Waals surface area contributed by atoms with E-state index in [4.69, 9.17) is 9.47 Å². The third kappa shape index (κ3) is 4.28. The van der Waals surface area contributed by atoms with Crippen LogP contribution in [0.2, 0.25) is 0 Å². The van der Waals surface area contributed by atoms with E-state index in [2.05, 4.69) is 6.58 Å². The first kappa shape index (κ1) is 12.0. The fourth-order valence-corrected chi connectivity index (χ4v) is 1.26. The van der Waals surface area contributed by atoms with Crippen molar-refractivity contribution < 1.29 is 9.47 Å². The normalized spacial score (nSPS) is 12.4. The molecule has 1 atom stereocenters. The van der Waals surface area contributed by atoms with Gasteiger partial charge in [-0.05, 0) is 25.0 Å². The van der Waals surface area contributed by atoms with Crippen LogP contribution in [0.3, 0.4) is 0 Å². The summed E-state index contributed by atoms with van der Waals surface area (Å²) in [6, 6.07) is 10.0. The lowest BCUT2D eigenvalue weighted by atomic mass is 10.1. The summed E-state index contributed by atoms with van der Waals surface area (Å²) in [6.07, 6.45) is -0.171. The fraction of sp³-hybridized carbons (Fsp3) is 0.385. The molecule has 0 saturated heterocycles. The summed E-state index contributed by atoms with van der Waals surface area (Å²) in [4.78, 5) is 0. The third-order valence-electron chi connectivity index (χ3n) is 2.08. The highest BCUT2D eigenvalue weighted by Crippen LogP contribution is 2.12. The maximum absolute atomic E-state index is 5.48. The van der Waals surface area contributed by atoms with Crippen molar-refractivity contribution in [2.24, 2.45) is 0 Å². The van der Waals surface area contributed by atoms with Crippen LogP contribution in [0.4, 0.5) is 0 Å². The van der Waals surface area contributed by atoms with E-state index < -0.39 is 0 Å². The molecule has 0 amide bonds. The topological polar surface area (TPSA) is 18.5 Å². The van der Waals surface area contributed by atoms with Gasteiger partial charge in [-0.25, -0.2) is 0 Å². The monoisotopic (exact) mass is 206 g/mol. The Hall–Kier alpha value is -1.12. The van der Waals surface area contributed by atoms with Gasteiger partial charge in [0, 0.05) is 6.61 Å². The Morgan fingerprint density at radius 3 is 2.53 bits per heavy atom. The van der Waals surface area contributed by atoms with Crippen LogP contribution in [0, 0.1) is 0 Å². The number of rotatable bonds is 6. The molecular formula is C13H18O2. The second-order valence-electron chi connectivity index (χ2n) is 3.30. The van der Waals surface area contributed by atoms with Crippen molar-refractivity contribution in [3.8, 4) is 0 Å². The molecule has 2 heteroatoms. The first-order valence-electron chi connectivity index (χ1n) is 5.20. The van der Waals surface area contributed by atoms with E-state index in [9.17, 15) is 0 Å². The highest BCUT2D eigenvalue weighted by molar-refractivity contribution is 5.63. The second kappa shape index (κ2) is 6.38. The van der Waals surface area contributed by atoms with Crippen LogP contribution < -0.4 is 0 Å². The van der Waals surface area contributed by atoms with Gasteiger partial charge in [-0.15, -0.1) is 0 Å². The quantitative estimate of drug-likeness (QED) is 0.666. The molecule has 15 heavy (non-hydrogen) atoms. The number of ether oxygens (including phenoxy) is 2. The zero-order valence-corrected chi connectivity index (χ0v) is 9.40. The van der Waals surface area contributed by atoms with Gasteiger partial charge in [0.1, 0.15) is 0 Å². The van der Waals surface area contributed by atoms with E-state index in [1.54, 1.807) is 0 Å². The minimum Gasteiger partial charge on any atom is -0.353 e. The molecule has 1 rings (SSSR count). The van der Waals surface area contributed by atoms with Crippen molar-refractivity contribution in [3.63, 3.8) is 0 Å². The third-order valence-corrected chi connectivity index (χ3v) is 2.08. The molecule has 1 unspecified atom stereocenters.